The maximum atomic E-state index is 5.72. The van der Waals surface area contributed by atoms with Gasteiger partial charge in [0.05, 0.1) is 5.60 Å². The van der Waals surface area contributed by atoms with Gasteiger partial charge in [0.15, 0.2) is 0 Å². The van der Waals surface area contributed by atoms with Crippen LogP contribution in [0.1, 0.15) is 38.5 Å². The maximum absolute atomic E-state index is 5.72. The highest BCUT2D eigenvalue weighted by Crippen LogP contribution is 2.36. The highest BCUT2D eigenvalue weighted by atomic mass is 16.5. The molecule has 0 spiro atoms. The Morgan fingerprint density at radius 1 is 1.50 bits per heavy atom. The van der Waals surface area contributed by atoms with Crippen LogP contribution >= 0.6 is 0 Å². The van der Waals surface area contributed by atoms with Crippen LogP contribution in [0, 0.1) is 12.3 Å². The Morgan fingerprint density at radius 2 is 2.14 bits per heavy atom. The second-order valence-corrected chi connectivity index (χ2v) is 4.06. The van der Waals surface area contributed by atoms with E-state index in [0.717, 1.165) is 12.8 Å². The third-order valence-electron chi connectivity index (χ3n) is 3.42. The lowest BCUT2D eigenvalue weighted by molar-refractivity contribution is -0.0355. The Kier molecular flexibility index (Phi) is 4.44. The summed E-state index contributed by atoms with van der Waals surface area (Å²) in [4.78, 5) is 0. The number of ether oxygens (including phenoxy) is 1. The Bertz CT molecular complexity index is 201. The number of hydrogen-bond acceptors (Lipinski definition) is 2. The average Bonchev–Trinajstić information content (AvgIpc) is 2.69. The Balaban J connectivity index is 2.59. The van der Waals surface area contributed by atoms with Crippen molar-refractivity contribution < 1.29 is 4.74 Å². The van der Waals surface area contributed by atoms with Crippen molar-refractivity contribution in [1.82, 2.24) is 5.32 Å². The van der Waals surface area contributed by atoms with Gasteiger partial charge < -0.3 is 10.1 Å². The molecule has 0 aromatic rings. The summed E-state index contributed by atoms with van der Waals surface area (Å²) in [6.45, 7) is 0. The SMILES string of the molecule is C#CCCC(NC)C1(OC)CCCC1. The van der Waals surface area contributed by atoms with Crippen molar-refractivity contribution in [3.63, 3.8) is 0 Å². The molecular weight excluding hydrogens is 174 g/mol. The van der Waals surface area contributed by atoms with Gasteiger partial charge in [0.2, 0.25) is 0 Å². The zero-order valence-corrected chi connectivity index (χ0v) is 9.31. The van der Waals surface area contributed by atoms with Crippen LogP contribution in [0.3, 0.4) is 0 Å². The normalized spacial score (nSPS) is 21.8. The number of nitrogens with one attached hydrogen (secondary N) is 1. The van der Waals surface area contributed by atoms with E-state index >= 15 is 0 Å². The van der Waals surface area contributed by atoms with Crippen LogP contribution in [-0.4, -0.2) is 25.8 Å². The maximum Gasteiger partial charge on any atom is 0.0831 e. The van der Waals surface area contributed by atoms with E-state index in [1.54, 1.807) is 0 Å². The van der Waals surface area contributed by atoms with Crippen molar-refractivity contribution in [2.75, 3.05) is 14.2 Å². The van der Waals surface area contributed by atoms with Gasteiger partial charge >= 0.3 is 0 Å². The predicted octanol–water partition coefficient (Wildman–Crippen LogP) is 1.95. The second-order valence-electron chi connectivity index (χ2n) is 4.06. The summed E-state index contributed by atoms with van der Waals surface area (Å²) < 4.78 is 5.72. The van der Waals surface area contributed by atoms with Gasteiger partial charge in [0.1, 0.15) is 0 Å². The summed E-state index contributed by atoms with van der Waals surface area (Å²) in [5, 5.41) is 3.35. The molecule has 1 saturated carbocycles. The minimum Gasteiger partial charge on any atom is -0.377 e. The molecule has 2 heteroatoms. The molecule has 80 valence electrons. The molecule has 0 aliphatic heterocycles. The van der Waals surface area contributed by atoms with E-state index in [4.69, 9.17) is 11.2 Å². The first-order chi connectivity index (χ1) is 6.79. The summed E-state index contributed by atoms with van der Waals surface area (Å²) in [7, 11) is 3.83. The smallest absolute Gasteiger partial charge is 0.0831 e. The third-order valence-corrected chi connectivity index (χ3v) is 3.42. The fraction of sp³-hybridized carbons (Fsp3) is 0.833. The van der Waals surface area contributed by atoms with Crippen molar-refractivity contribution >= 4 is 0 Å². The Labute approximate surface area is 87.4 Å². The molecule has 0 saturated heterocycles. The lowest BCUT2D eigenvalue weighted by Crippen LogP contribution is -2.49. The minimum atomic E-state index is 0.0472. The molecule has 2 nitrogen and oxygen atoms in total. The highest BCUT2D eigenvalue weighted by molar-refractivity contribution is 4.98. The Hall–Kier alpha value is -0.520. The molecule has 1 aliphatic carbocycles. The van der Waals surface area contributed by atoms with E-state index < -0.39 is 0 Å². The molecule has 0 radical (unpaired) electrons. The molecule has 0 heterocycles. The van der Waals surface area contributed by atoms with Gasteiger partial charge in [-0.3, -0.25) is 0 Å². The van der Waals surface area contributed by atoms with Crippen LogP contribution in [0.4, 0.5) is 0 Å². The molecule has 14 heavy (non-hydrogen) atoms. The zero-order chi connectivity index (χ0) is 10.4. The van der Waals surface area contributed by atoms with E-state index in [-0.39, 0.29) is 5.60 Å². The van der Waals surface area contributed by atoms with Crippen molar-refractivity contribution in [1.29, 1.82) is 0 Å². The van der Waals surface area contributed by atoms with Crippen LogP contribution in [-0.2, 0) is 4.74 Å². The summed E-state index contributed by atoms with van der Waals surface area (Å²) >= 11 is 0. The summed E-state index contributed by atoms with van der Waals surface area (Å²) in [5.41, 5.74) is 0.0472. The van der Waals surface area contributed by atoms with Crippen LogP contribution in [0.2, 0.25) is 0 Å². The topological polar surface area (TPSA) is 21.3 Å². The molecule has 0 amide bonds. The highest BCUT2D eigenvalue weighted by Gasteiger charge is 2.40. The second kappa shape index (κ2) is 5.38. The van der Waals surface area contributed by atoms with E-state index in [1.165, 1.54) is 25.7 Å². The van der Waals surface area contributed by atoms with Gasteiger partial charge in [-0.15, -0.1) is 12.3 Å². The molecule has 1 atom stereocenters. The van der Waals surface area contributed by atoms with Gasteiger partial charge in [-0.05, 0) is 26.3 Å². The number of rotatable bonds is 5. The van der Waals surface area contributed by atoms with Crippen LogP contribution < -0.4 is 5.32 Å². The zero-order valence-electron chi connectivity index (χ0n) is 9.31. The molecule has 0 aromatic carbocycles. The molecular formula is C12H21NO. The van der Waals surface area contributed by atoms with Crippen molar-refractivity contribution in [2.45, 2.75) is 50.2 Å². The molecule has 1 N–H and O–H groups in total. The van der Waals surface area contributed by atoms with Gasteiger partial charge in [-0.2, -0.15) is 0 Å². The van der Waals surface area contributed by atoms with Crippen molar-refractivity contribution in [2.24, 2.45) is 0 Å². The van der Waals surface area contributed by atoms with Crippen LogP contribution in [0.5, 0.6) is 0 Å². The molecule has 0 bridgehead atoms. The summed E-state index contributed by atoms with van der Waals surface area (Å²) in [6.07, 6.45) is 12.0. The standard InChI is InChI=1S/C12H21NO/c1-4-5-8-11(13-2)12(14-3)9-6-7-10-12/h1,11,13H,5-10H2,2-3H3. The first kappa shape index (κ1) is 11.6. The fourth-order valence-corrected chi connectivity index (χ4v) is 2.57. The molecule has 1 fully saturated rings. The lowest BCUT2D eigenvalue weighted by atomic mass is 9.89. The minimum absolute atomic E-state index is 0.0472. The molecule has 0 aromatic heterocycles. The van der Waals surface area contributed by atoms with Crippen LogP contribution in [0.15, 0.2) is 0 Å². The van der Waals surface area contributed by atoms with E-state index in [9.17, 15) is 0 Å². The lowest BCUT2D eigenvalue weighted by Gasteiger charge is -2.36. The first-order valence-electron chi connectivity index (χ1n) is 5.45. The first-order valence-corrected chi connectivity index (χ1v) is 5.45. The number of likely N-dealkylation sites (N-methyl/N-ethyl adjacent to an activating group) is 1. The molecule has 1 rings (SSSR count). The number of hydrogen-bond donors (Lipinski definition) is 1. The van der Waals surface area contributed by atoms with Gasteiger partial charge in [-0.25, -0.2) is 0 Å². The van der Waals surface area contributed by atoms with Gasteiger partial charge in [0, 0.05) is 19.6 Å². The van der Waals surface area contributed by atoms with Gasteiger partial charge in [0.25, 0.3) is 0 Å². The van der Waals surface area contributed by atoms with E-state index in [2.05, 4.69) is 11.2 Å². The largest absolute Gasteiger partial charge is 0.377 e. The number of methoxy groups -OCH3 is 1. The summed E-state index contributed by atoms with van der Waals surface area (Å²) in [5.74, 6) is 2.70. The monoisotopic (exact) mass is 195 g/mol. The van der Waals surface area contributed by atoms with Crippen LogP contribution in [0.25, 0.3) is 0 Å². The average molecular weight is 195 g/mol. The fourth-order valence-electron chi connectivity index (χ4n) is 2.57. The van der Waals surface area contributed by atoms with Crippen molar-refractivity contribution in [3.05, 3.63) is 0 Å². The third kappa shape index (κ3) is 2.29. The predicted molar refractivity (Wildman–Crippen MR) is 59.1 cm³/mol. The Morgan fingerprint density at radius 3 is 2.57 bits per heavy atom. The molecule has 1 aliphatic rings. The summed E-state index contributed by atoms with van der Waals surface area (Å²) in [6, 6.07) is 0.408. The number of terminal acetylenes is 1. The van der Waals surface area contributed by atoms with Crippen molar-refractivity contribution in [3.8, 4) is 12.3 Å². The van der Waals surface area contributed by atoms with E-state index in [0.29, 0.717) is 6.04 Å². The van der Waals surface area contributed by atoms with E-state index in [1.807, 2.05) is 14.2 Å². The van der Waals surface area contributed by atoms with Gasteiger partial charge in [-0.1, -0.05) is 12.8 Å². The quantitative estimate of drug-likeness (QED) is 0.677. The molecule has 1 unspecified atom stereocenters.